The number of carbonyl (C=O) groups is 2. The van der Waals surface area contributed by atoms with E-state index in [1.165, 1.54) is 69.8 Å². The molecule has 1 aromatic rings. The summed E-state index contributed by atoms with van der Waals surface area (Å²) < 4.78 is 0. The van der Waals surface area contributed by atoms with Gasteiger partial charge in [-0.3, -0.25) is 4.79 Å². The molecule has 0 amide bonds. The Labute approximate surface area is 208 Å². The van der Waals surface area contributed by atoms with E-state index in [0.717, 1.165) is 19.3 Å². The second-order valence-corrected chi connectivity index (χ2v) is 9.74. The van der Waals surface area contributed by atoms with Gasteiger partial charge in [0.2, 0.25) is 0 Å². The summed E-state index contributed by atoms with van der Waals surface area (Å²) in [4.78, 5) is 22.8. The average molecular weight is 469 g/mol. The van der Waals surface area contributed by atoms with Crippen molar-refractivity contribution >= 4 is 11.8 Å². The minimum absolute atomic E-state index is 0.208. The SMILES string of the molecule is CCCCC(CCC)C1(C(C)=O)C=CC=CC1.CCCCCCCCc1ccc(C(=O)O)cc1. The van der Waals surface area contributed by atoms with E-state index < -0.39 is 5.97 Å². The summed E-state index contributed by atoms with van der Waals surface area (Å²) >= 11 is 0. The number of benzene rings is 1. The predicted molar refractivity (Wildman–Crippen MR) is 144 cm³/mol. The van der Waals surface area contributed by atoms with Gasteiger partial charge in [0.1, 0.15) is 5.78 Å². The zero-order valence-electron chi connectivity index (χ0n) is 22.2. The van der Waals surface area contributed by atoms with Crippen molar-refractivity contribution in [1.29, 1.82) is 0 Å². The van der Waals surface area contributed by atoms with Crippen molar-refractivity contribution in [1.82, 2.24) is 0 Å². The van der Waals surface area contributed by atoms with Gasteiger partial charge in [-0.25, -0.2) is 4.79 Å². The number of carbonyl (C=O) groups excluding carboxylic acids is 1. The first kappa shape index (κ1) is 29.9. The first-order valence-corrected chi connectivity index (χ1v) is 13.6. The lowest BCUT2D eigenvalue weighted by Gasteiger charge is -2.37. The van der Waals surface area contributed by atoms with Gasteiger partial charge < -0.3 is 5.11 Å². The number of ketones is 1. The number of allylic oxidation sites excluding steroid dienone is 4. The van der Waals surface area contributed by atoms with Crippen LogP contribution in [-0.4, -0.2) is 16.9 Å². The summed E-state index contributed by atoms with van der Waals surface area (Å²) in [5.74, 6) is 0.00918. The van der Waals surface area contributed by atoms with Crippen molar-refractivity contribution in [2.24, 2.45) is 11.3 Å². The third-order valence-electron chi connectivity index (χ3n) is 7.04. The summed E-state index contributed by atoms with van der Waals surface area (Å²) in [7, 11) is 0. The standard InChI is InChI=1S/C16H26O.C15H22O2/c1-4-6-11-15(10-5-2)16(14(3)17)12-8-7-9-13-16;1-2-3-4-5-6-7-8-13-9-11-14(12-10-13)15(16)17/h7-9,12,15H,4-6,10-11,13H2,1-3H3;9-12H,2-8H2,1H3,(H,16,17). The van der Waals surface area contributed by atoms with Crippen LogP contribution in [-0.2, 0) is 11.2 Å². The molecule has 0 fully saturated rings. The monoisotopic (exact) mass is 468 g/mol. The number of carboxylic acids is 1. The first-order chi connectivity index (χ1) is 16.4. The van der Waals surface area contributed by atoms with Gasteiger partial charge in [-0.15, -0.1) is 0 Å². The third-order valence-corrected chi connectivity index (χ3v) is 7.04. The maximum Gasteiger partial charge on any atom is 0.335 e. The molecule has 34 heavy (non-hydrogen) atoms. The van der Waals surface area contributed by atoms with Gasteiger partial charge in [0.15, 0.2) is 0 Å². The number of hydrogen-bond donors (Lipinski definition) is 1. The van der Waals surface area contributed by atoms with Gasteiger partial charge in [0.25, 0.3) is 0 Å². The van der Waals surface area contributed by atoms with Gasteiger partial charge in [-0.05, 0) is 62.6 Å². The fourth-order valence-corrected chi connectivity index (χ4v) is 4.87. The highest BCUT2D eigenvalue weighted by atomic mass is 16.4. The van der Waals surface area contributed by atoms with E-state index in [0.29, 0.717) is 17.3 Å². The van der Waals surface area contributed by atoms with Crippen LogP contribution in [0.15, 0.2) is 48.6 Å². The Kier molecular flexibility index (Phi) is 15.2. The Morgan fingerprint density at radius 1 is 0.853 bits per heavy atom. The molecule has 2 rings (SSSR count). The minimum atomic E-state index is -0.851. The Bertz CT molecular complexity index is 759. The molecule has 1 aliphatic rings. The lowest BCUT2D eigenvalue weighted by atomic mass is 9.65. The zero-order valence-corrected chi connectivity index (χ0v) is 22.2. The second kappa shape index (κ2) is 17.3. The van der Waals surface area contributed by atoms with E-state index in [2.05, 4.69) is 45.1 Å². The maximum absolute atomic E-state index is 12.1. The molecule has 2 unspecified atom stereocenters. The molecule has 1 aromatic carbocycles. The molecule has 1 aliphatic carbocycles. The highest BCUT2D eigenvalue weighted by molar-refractivity contribution is 5.87. The number of hydrogen-bond acceptors (Lipinski definition) is 2. The number of carboxylic acid groups (broad SMARTS) is 1. The predicted octanol–water partition coefficient (Wildman–Crippen LogP) is 8.97. The van der Waals surface area contributed by atoms with Crippen LogP contribution >= 0.6 is 0 Å². The zero-order chi connectivity index (χ0) is 25.2. The fraction of sp³-hybridized carbons (Fsp3) is 0.613. The molecule has 190 valence electrons. The number of Topliss-reactive ketones (excluding diaryl/α,β-unsaturated/α-hetero) is 1. The van der Waals surface area contributed by atoms with Gasteiger partial charge in [0, 0.05) is 0 Å². The normalized spacial score (nSPS) is 17.6. The molecule has 0 spiro atoms. The summed E-state index contributed by atoms with van der Waals surface area (Å²) in [6, 6.07) is 7.23. The fourth-order valence-electron chi connectivity index (χ4n) is 4.87. The van der Waals surface area contributed by atoms with Gasteiger partial charge >= 0.3 is 5.97 Å². The molecule has 0 aromatic heterocycles. The summed E-state index contributed by atoms with van der Waals surface area (Å²) in [5, 5.41) is 8.77. The van der Waals surface area contributed by atoms with Crippen LogP contribution in [0.4, 0.5) is 0 Å². The second-order valence-electron chi connectivity index (χ2n) is 9.74. The molecule has 0 aliphatic heterocycles. The van der Waals surface area contributed by atoms with Crippen LogP contribution in [0.3, 0.4) is 0 Å². The van der Waals surface area contributed by atoms with Crippen molar-refractivity contribution in [3.8, 4) is 0 Å². The highest BCUT2D eigenvalue weighted by Crippen LogP contribution is 2.42. The summed E-state index contributed by atoms with van der Waals surface area (Å²) in [6.07, 6.45) is 24.1. The quantitative estimate of drug-likeness (QED) is 0.261. The van der Waals surface area contributed by atoms with Gasteiger partial charge in [-0.1, -0.05) is 109 Å². The molecule has 0 saturated carbocycles. The average Bonchev–Trinajstić information content (AvgIpc) is 2.85. The minimum Gasteiger partial charge on any atom is -0.478 e. The lowest BCUT2D eigenvalue weighted by molar-refractivity contribution is -0.127. The van der Waals surface area contributed by atoms with Crippen molar-refractivity contribution in [2.75, 3.05) is 0 Å². The molecule has 0 radical (unpaired) electrons. The Hall–Kier alpha value is -2.16. The highest BCUT2D eigenvalue weighted by Gasteiger charge is 2.39. The lowest BCUT2D eigenvalue weighted by Crippen LogP contribution is -2.36. The molecule has 3 nitrogen and oxygen atoms in total. The summed E-state index contributed by atoms with van der Waals surface area (Å²) in [6.45, 7) is 8.43. The Balaban J connectivity index is 0.000000340. The van der Waals surface area contributed by atoms with Crippen LogP contribution < -0.4 is 0 Å². The van der Waals surface area contributed by atoms with E-state index in [-0.39, 0.29) is 5.41 Å². The van der Waals surface area contributed by atoms with Crippen molar-refractivity contribution in [3.63, 3.8) is 0 Å². The summed E-state index contributed by atoms with van der Waals surface area (Å²) in [5.41, 5.74) is 1.40. The Morgan fingerprint density at radius 2 is 1.50 bits per heavy atom. The van der Waals surface area contributed by atoms with Crippen LogP contribution in [0, 0.1) is 11.3 Å². The van der Waals surface area contributed by atoms with Crippen LogP contribution in [0.5, 0.6) is 0 Å². The van der Waals surface area contributed by atoms with Crippen molar-refractivity contribution in [3.05, 3.63) is 59.7 Å². The number of aromatic carboxylic acids is 1. The Morgan fingerprint density at radius 3 is 2.03 bits per heavy atom. The van der Waals surface area contributed by atoms with E-state index in [1.807, 2.05) is 12.1 Å². The first-order valence-electron chi connectivity index (χ1n) is 13.6. The van der Waals surface area contributed by atoms with Crippen LogP contribution in [0.2, 0.25) is 0 Å². The van der Waals surface area contributed by atoms with Crippen LogP contribution in [0.1, 0.15) is 121 Å². The topological polar surface area (TPSA) is 54.4 Å². The molecule has 0 bridgehead atoms. The van der Waals surface area contributed by atoms with Crippen LogP contribution in [0.25, 0.3) is 0 Å². The molecule has 1 N–H and O–H groups in total. The van der Waals surface area contributed by atoms with E-state index in [9.17, 15) is 9.59 Å². The molecular weight excluding hydrogens is 420 g/mol. The number of rotatable bonds is 15. The van der Waals surface area contributed by atoms with Gasteiger partial charge in [-0.2, -0.15) is 0 Å². The maximum atomic E-state index is 12.1. The van der Waals surface area contributed by atoms with Crippen molar-refractivity contribution < 1.29 is 14.7 Å². The van der Waals surface area contributed by atoms with E-state index in [1.54, 1.807) is 19.1 Å². The van der Waals surface area contributed by atoms with Crippen molar-refractivity contribution in [2.45, 2.75) is 111 Å². The largest absolute Gasteiger partial charge is 0.478 e. The molecule has 0 saturated heterocycles. The smallest absolute Gasteiger partial charge is 0.335 e. The molecule has 2 atom stereocenters. The molecule has 3 heteroatoms. The third kappa shape index (κ3) is 10.4. The number of aryl methyl sites for hydroxylation is 1. The number of unbranched alkanes of at least 4 members (excludes halogenated alkanes) is 6. The van der Waals surface area contributed by atoms with E-state index in [4.69, 9.17) is 5.11 Å². The van der Waals surface area contributed by atoms with E-state index >= 15 is 0 Å². The van der Waals surface area contributed by atoms with Gasteiger partial charge in [0.05, 0.1) is 11.0 Å². The molecule has 0 heterocycles. The molecular formula is C31H48O3.